The maximum atomic E-state index is 3.76. The van der Waals surface area contributed by atoms with Gasteiger partial charge in [0.25, 0.3) is 0 Å². The Kier molecular flexibility index (Phi) is 3.70. The van der Waals surface area contributed by atoms with Crippen LogP contribution < -0.4 is 0 Å². The molecule has 0 aliphatic rings. The molecule has 0 heterocycles. The van der Waals surface area contributed by atoms with E-state index in [1.54, 1.807) is 0 Å². The monoisotopic (exact) mass is 130 g/mol. The summed E-state index contributed by atoms with van der Waals surface area (Å²) in [4.78, 5) is 0. The molecular formula is H3PS3. The third kappa shape index (κ3) is 9.77. The summed E-state index contributed by atoms with van der Waals surface area (Å²) in [5.74, 6) is 0. The van der Waals surface area contributed by atoms with Crippen LogP contribution in [0.5, 0.6) is 0 Å². The molecule has 0 saturated heterocycles. The van der Waals surface area contributed by atoms with Crippen molar-refractivity contribution in [2.24, 2.45) is 0 Å². The summed E-state index contributed by atoms with van der Waals surface area (Å²) in [6, 6.07) is 0. The largest absolute Gasteiger partial charge is 0.130 e. The predicted octanol–water partition coefficient (Wildman–Crippen LogP) is 2.00. The highest BCUT2D eigenvalue weighted by molar-refractivity contribution is 9.02. The minimum absolute atomic E-state index is 0.537. The fourth-order valence-electron chi connectivity index (χ4n) is 0. The van der Waals surface area contributed by atoms with Crippen LogP contribution in [0, 0.1) is 0 Å². The Morgan fingerprint density at radius 1 is 1.00 bits per heavy atom. The van der Waals surface area contributed by atoms with Gasteiger partial charge in [0.15, 0.2) is 0 Å². The average molecular weight is 130 g/mol. The van der Waals surface area contributed by atoms with E-state index in [-0.39, 0.29) is 0 Å². The zero-order valence-electron chi connectivity index (χ0n) is 1.79. The highest BCUT2D eigenvalue weighted by atomic mass is 33.3. The zero-order valence-corrected chi connectivity index (χ0v) is 5.37. The van der Waals surface area contributed by atoms with Crippen molar-refractivity contribution in [2.45, 2.75) is 0 Å². The van der Waals surface area contributed by atoms with Crippen molar-refractivity contribution in [1.29, 1.82) is 0 Å². The van der Waals surface area contributed by atoms with Crippen LogP contribution in [0.25, 0.3) is 0 Å². The Labute approximate surface area is 42.6 Å². The van der Waals surface area contributed by atoms with Crippen LogP contribution in [-0.2, 0) is 0 Å². The SMILES string of the molecule is SP(S)S. The quantitative estimate of drug-likeness (QED) is 0.324. The van der Waals surface area contributed by atoms with Crippen molar-refractivity contribution < 1.29 is 0 Å². The number of hydrogen-bond donors (Lipinski definition) is 3. The molecule has 0 aliphatic carbocycles. The molecule has 0 aromatic heterocycles. The van der Waals surface area contributed by atoms with Crippen molar-refractivity contribution in [3.63, 3.8) is 0 Å². The minimum atomic E-state index is -0.537. The van der Waals surface area contributed by atoms with Gasteiger partial charge in [-0.25, -0.2) is 0 Å². The maximum Gasteiger partial charge on any atom is 0.0634 e. The van der Waals surface area contributed by atoms with E-state index in [9.17, 15) is 0 Å². The molecule has 0 aliphatic heterocycles. The molecular weight excluding hydrogens is 127 g/mol. The molecule has 0 saturated carbocycles. The fraction of sp³-hybridized carbons (Fsp3) is 0. The van der Waals surface area contributed by atoms with Gasteiger partial charge in [-0.1, -0.05) is 0 Å². The van der Waals surface area contributed by atoms with Crippen molar-refractivity contribution in [3.05, 3.63) is 0 Å². The average Bonchev–Trinajstić information content (AvgIpc) is 0.811. The lowest BCUT2D eigenvalue weighted by Crippen LogP contribution is -0.980. The molecule has 0 radical (unpaired) electrons. The molecule has 4 heavy (non-hydrogen) atoms. The zero-order chi connectivity index (χ0) is 3.58. The lowest BCUT2D eigenvalue weighted by atomic mass is 29.7. The third-order valence-corrected chi connectivity index (χ3v) is 0. The molecule has 4 heteroatoms. The van der Waals surface area contributed by atoms with E-state index in [1.165, 1.54) is 0 Å². The molecule has 0 unspecified atom stereocenters. The second-order valence-corrected chi connectivity index (χ2v) is 7.24. The normalized spacial score (nSPS) is 9.00. The van der Waals surface area contributed by atoms with E-state index in [0.29, 0.717) is 0 Å². The highest BCUT2D eigenvalue weighted by Crippen LogP contribution is 2.49. The molecule has 0 rings (SSSR count). The molecule has 0 aromatic carbocycles. The van der Waals surface area contributed by atoms with Gasteiger partial charge in [-0.05, 0) is 0 Å². The van der Waals surface area contributed by atoms with E-state index >= 15 is 0 Å². The molecule has 0 aromatic rings. The molecule has 0 atom stereocenters. The fourth-order valence-corrected chi connectivity index (χ4v) is 0. The highest BCUT2D eigenvalue weighted by Gasteiger charge is 1.70. The van der Waals surface area contributed by atoms with Crippen LogP contribution >= 0.6 is 42.3 Å². The van der Waals surface area contributed by atoms with E-state index in [0.717, 1.165) is 0 Å². The number of hydrogen-bond acceptors (Lipinski definition) is 3. The Balaban J connectivity index is 2.32. The summed E-state index contributed by atoms with van der Waals surface area (Å²) in [5, 5.41) is 0. The van der Waals surface area contributed by atoms with Gasteiger partial charge in [-0.15, -0.1) is 36.7 Å². The van der Waals surface area contributed by atoms with Gasteiger partial charge < -0.3 is 0 Å². The number of thiol groups is 3. The van der Waals surface area contributed by atoms with Gasteiger partial charge in [0.05, 0.1) is 5.53 Å². The lowest BCUT2D eigenvalue weighted by Gasteiger charge is -1.77. The van der Waals surface area contributed by atoms with Crippen molar-refractivity contribution in [1.82, 2.24) is 0 Å². The van der Waals surface area contributed by atoms with E-state index < -0.39 is 5.53 Å². The smallest absolute Gasteiger partial charge is 0.0634 e. The van der Waals surface area contributed by atoms with Gasteiger partial charge in [0.1, 0.15) is 0 Å². The van der Waals surface area contributed by atoms with Gasteiger partial charge in [-0.3, -0.25) is 0 Å². The first kappa shape index (κ1) is 5.48. The van der Waals surface area contributed by atoms with Crippen LogP contribution in [0.1, 0.15) is 0 Å². The first-order valence-corrected chi connectivity index (χ1v) is 5.40. The summed E-state index contributed by atoms with van der Waals surface area (Å²) < 4.78 is 0. The van der Waals surface area contributed by atoms with Crippen LogP contribution in [0.4, 0.5) is 0 Å². The van der Waals surface area contributed by atoms with Gasteiger partial charge >= 0.3 is 0 Å². The Hall–Kier alpha value is 1.48. The minimum Gasteiger partial charge on any atom is -0.130 e. The van der Waals surface area contributed by atoms with Crippen molar-refractivity contribution in [2.75, 3.05) is 0 Å². The summed E-state index contributed by atoms with van der Waals surface area (Å²) >= 11 is 11.3. The van der Waals surface area contributed by atoms with Crippen molar-refractivity contribution >= 4 is 42.3 Å². The third-order valence-electron chi connectivity index (χ3n) is 0. The molecule has 0 fully saturated rings. The first-order chi connectivity index (χ1) is 1.73. The van der Waals surface area contributed by atoms with Gasteiger partial charge in [0, 0.05) is 0 Å². The molecule has 0 N–H and O–H groups in total. The van der Waals surface area contributed by atoms with Gasteiger partial charge in [-0.2, -0.15) is 0 Å². The van der Waals surface area contributed by atoms with Crippen LogP contribution in [-0.4, -0.2) is 0 Å². The second kappa shape index (κ2) is 2.70. The van der Waals surface area contributed by atoms with Crippen molar-refractivity contribution in [3.8, 4) is 0 Å². The summed E-state index contributed by atoms with van der Waals surface area (Å²) in [5.41, 5.74) is -0.537. The van der Waals surface area contributed by atoms with Crippen LogP contribution in [0.15, 0.2) is 0 Å². The van der Waals surface area contributed by atoms with E-state index in [1.807, 2.05) is 0 Å². The predicted molar refractivity (Wildman–Crippen MR) is 33.9 cm³/mol. The Morgan fingerprint density at radius 2 is 1.00 bits per heavy atom. The second-order valence-electron chi connectivity index (χ2n) is 0.268. The Morgan fingerprint density at radius 3 is 1.00 bits per heavy atom. The maximum absolute atomic E-state index is 3.76. The standard InChI is InChI=1S/H3PS3/c2-1(3)4/h2-4H. The molecule has 0 bridgehead atoms. The summed E-state index contributed by atoms with van der Waals surface area (Å²) in [6.45, 7) is 0. The Bertz CT molecular complexity index is 8.00. The van der Waals surface area contributed by atoms with Crippen LogP contribution in [0.3, 0.4) is 0 Å². The van der Waals surface area contributed by atoms with E-state index in [4.69, 9.17) is 0 Å². The topological polar surface area (TPSA) is 0 Å². The molecule has 0 nitrogen and oxygen atoms in total. The number of rotatable bonds is 0. The lowest BCUT2D eigenvalue weighted by molar-refractivity contribution is 5.49. The van der Waals surface area contributed by atoms with Gasteiger partial charge in [0.2, 0.25) is 0 Å². The summed E-state index contributed by atoms with van der Waals surface area (Å²) in [7, 11) is 0. The van der Waals surface area contributed by atoms with E-state index in [2.05, 4.69) is 36.7 Å². The molecule has 26 valence electrons. The van der Waals surface area contributed by atoms with Crippen LogP contribution in [0.2, 0.25) is 0 Å². The first-order valence-electron chi connectivity index (χ1n) is 0.600. The molecule has 0 amide bonds. The molecule has 0 spiro atoms. The summed E-state index contributed by atoms with van der Waals surface area (Å²) in [6.07, 6.45) is 0.